The lowest BCUT2D eigenvalue weighted by Crippen LogP contribution is -2.50. The number of nitrogens with one attached hydrogen (secondary N) is 1. The lowest BCUT2D eigenvalue weighted by atomic mass is 10.1. The molecule has 2 aromatic rings. The van der Waals surface area contributed by atoms with Crippen molar-refractivity contribution in [3.8, 4) is 5.75 Å². The van der Waals surface area contributed by atoms with Crippen LogP contribution in [0.4, 0.5) is 0 Å². The first-order chi connectivity index (χ1) is 14.0. The number of nitrogens with zero attached hydrogens (tertiary/aromatic N) is 2. The van der Waals surface area contributed by atoms with Gasteiger partial charge in [0.05, 0.1) is 0 Å². The van der Waals surface area contributed by atoms with Crippen molar-refractivity contribution < 1.29 is 14.3 Å². The van der Waals surface area contributed by atoms with Gasteiger partial charge in [-0.25, -0.2) is 0 Å². The van der Waals surface area contributed by atoms with E-state index in [2.05, 4.69) is 10.2 Å². The molecule has 7 heteroatoms. The Hall–Kier alpha value is -2.57. The van der Waals surface area contributed by atoms with E-state index in [1.54, 1.807) is 31.2 Å². The van der Waals surface area contributed by atoms with Gasteiger partial charge in [0.25, 0.3) is 5.91 Å². The van der Waals surface area contributed by atoms with Crippen LogP contribution >= 0.6 is 11.6 Å². The molecule has 2 amide bonds. The Morgan fingerprint density at radius 1 is 1.03 bits per heavy atom. The van der Waals surface area contributed by atoms with Crippen LogP contribution in [0.2, 0.25) is 5.02 Å². The van der Waals surface area contributed by atoms with Gasteiger partial charge in [0.2, 0.25) is 12.0 Å². The highest BCUT2D eigenvalue weighted by atomic mass is 35.5. The topological polar surface area (TPSA) is 61.9 Å². The van der Waals surface area contributed by atoms with E-state index in [-0.39, 0.29) is 11.8 Å². The molecule has 1 atom stereocenters. The molecule has 1 heterocycles. The molecule has 3 rings (SSSR count). The van der Waals surface area contributed by atoms with Crippen LogP contribution < -0.4 is 10.1 Å². The minimum absolute atomic E-state index is 0.114. The Morgan fingerprint density at radius 3 is 2.31 bits per heavy atom. The lowest BCUT2D eigenvalue weighted by Gasteiger charge is -2.34. The summed E-state index contributed by atoms with van der Waals surface area (Å²) in [7, 11) is 0. The van der Waals surface area contributed by atoms with Gasteiger partial charge in [-0.05, 0) is 24.3 Å². The molecule has 154 valence electrons. The Balaban J connectivity index is 1.56. The molecular weight excluding hydrogens is 390 g/mol. The number of benzene rings is 2. The lowest BCUT2D eigenvalue weighted by molar-refractivity contribution is -0.130. The molecule has 0 radical (unpaired) electrons. The van der Waals surface area contributed by atoms with Crippen molar-refractivity contribution in [2.45, 2.75) is 13.0 Å². The molecule has 1 saturated heterocycles. The third kappa shape index (κ3) is 6.21. The maximum absolute atomic E-state index is 12.9. The molecule has 1 unspecified atom stereocenters. The maximum atomic E-state index is 12.9. The molecule has 1 aliphatic rings. The van der Waals surface area contributed by atoms with Crippen molar-refractivity contribution in [2.24, 2.45) is 0 Å². The van der Waals surface area contributed by atoms with E-state index in [9.17, 15) is 9.59 Å². The highest BCUT2D eigenvalue weighted by Crippen LogP contribution is 2.23. The zero-order valence-corrected chi connectivity index (χ0v) is 17.3. The van der Waals surface area contributed by atoms with Crippen LogP contribution in [-0.2, 0) is 9.59 Å². The van der Waals surface area contributed by atoms with Gasteiger partial charge in [-0.15, -0.1) is 0 Å². The summed E-state index contributed by atoms with van der Waals surface area (Å²) in [6.45, 7) is 5.95. The second-order valence-electron chi connectivity index (χ2n) is 7.00. The van der Waals surface area contributed by atoms with Crippen LogP contribution in [-0.4, -0.2) is 60.9 Å². The molecule has 0 aliphatic carbocycles. The normalized spacial score (nSPS) is 15.6. The fraction of sp³-hybridized carbons (Fsp3) is 0.364. The highest BCUT2D eigenvalue weighted by Gasteiger charge is 2.23. The van der Waals surface area contributed by atoms with Gasteiger partial charge in [0.1, 0.15) is 5.75 Å². The van der Waals surface area contributed by atoms with E-state index in [0.29, 0.717) is 17.3 Å². The van der Waals surface area contributed by atoms with Crippen molar-refractivity contribution in [3.63, 3.8) is 0 Å². The third-order valence-corrected chi connectivity index (χ3v) is 5.20. The van der Waals surface area contributed by atoms with Crippen molar-refractivity contribution in [3.05, 3.63) is 65.2 Å². The summed E-state index contributed by atoms with van der Waals surface area (Å²) < 4.78 is 5.97. The summed E-state index contributed by atoms with van der Waals surface area (Å²) in [6.07, 6.45) is -0.744. The highest BCUT2D eigenvalue weighted by molar-refractivity contribution is 6.30. The molecule has 0 spiro atoms. The van der Waals surface area contributed by atoms with Gasteiger partial charge < -0.3 is 15.0 Å². The number of halogens is 1. The van der Waals surface area contributed by atoms with Crippen LogP contribution in [0.1, 0.15) is 18.6 Å². The van der Waals surface area contributed by atoms with Crippen LogP contribution in [0.5, 0.6) is 5.75 Å². The van der Waals surface area contributed by atoms with E-state index in [1.165, 1.54) is 0 Å². The Morgan fingerprint density at radius 2 is 1.69 bits per heavy atom. The zero-order chi connectivity index (χ0) is 20.6. The Bertz CT molecular complexity index is 806. The number of carbonyl (C=O) groups is 2. The van der Waals surface area contributed by atoms with Gasteiger partial charge in [0, 0.05) is 56.8 Å². The molecule has 6 nitrogen and oxygen atoms in total. The van der Waals surface area contributed by atoms with E-state index >= 15 is 0 Å². The predicted octanol–water partition coefficient (Wildman–Crippen LogP) is 2.74. The number of rotatable bonds is 7. The minimum Gasteiger partial charge on any atom is -0.476 e. The third-order valence-electron chi connectivity index (χ3n) is 4.95. The summed E-state index contributed by atoms with van der Waals surface area (Å²) in [6, 6.07) is 16.4. The first kappa shape index (κ1) is 21.1. The van der Waals surface area contributed by atoms with E-state index in [0.717, 1.165) is 38.3 Å². The molecule has 0 aromatic heterocycles. The van der Waals surface area contributed by atoms with Crippen molar-refractivity contribution in [1.29, 1.82) is 0 Å². The van der Waals surface area contributed by atoms with Crippen LogP contribution in [0.25, 0.3) is 0 Å². The van der Waals surface area contributed by atoms with E-state index in [4.69, 9.17) is 16.3 Å². The van der Waals surface area contributed by atoms with E-state index < -0.39 is 6.10 Å². The van der Waals surface area contributed by atoms with Gasteiger partial charge in [0.15, 0.2) is 0 Å². The van der Waals surface area contributed by atoms with E-state index in [1.807, 2.05) is 35.2 Å². The van der Waals surface area contributed by atoms with Crippen molar-refractivity contribution in [2.75, 3.05) is 39.3 Å². The summed E-state index contributed by atoms with van der Waals surface area (Å²) in [5, 5.41) is 3.60. The molecular formula is C22H26ClN3O3. The smallest absolute Gasteiger partial charge is 0.265 e. The predicted molar refractivity (Wildman–Crippen MR) is 113 cm³/mol. The quantitative estimate of drug-likeness (QED) is 0.755. The molecule has 2 aromatic carbocycles. The average Bonchev–Trinajstić information content (AvgIpc) is 2.74. The van der Waals surface area contributed by atoms with Crippen molar-refractivity contribution >= 4 is 23.4 Å². The summed E-state index contributed by atoms with van der Waals surface area (Å²) >= 11 is 5.94. The summed E-state index contributed by atoms with van der Waals surface area (Å²) in [5.74, 6) is 0.510. The SMILES string of the molecule is CC(=O)N1CCN(CCNC(=O)C(Oc2ccc(Cl)cc2)c2ccccc2)CC1. The summed E-state index contributed by atoms with van der Waals surface area (Å²) in [4.78, 5) is 28.4. The fourth-order valence-corrected chi connectivity index (χ4v) is 3.39. The molecule has 1 fully saturated rings. The molecule has 0 bridgehead atoms. The summed E-state index contributed by atoms with van der Waals surface area (Å²) in [5.41, 5.74) is 0.787. The number of hydrogen-bond acceptors (Lipinski definition) is 4. The number of hydrogen-bond donors (Lipinski definition) is 1. The Kier molecular flexibility index (Phi) is 7.49. The maximum Gasteiger partial charge on any atom is 0.265 e. The average molecular weight is 416 g/mol. The second-order valence-corrected chi connectivity index (χ2v) is 7.44. The van der Waals surface area contributed by atoms with Crippen LogP contribution in [0.15, 0.2) is 54.6 Å². The first-order valence-electron chi connectivity index (χ1n) is 9.75. The zero-order valence-electron chi connectivity index (χ0n) is 16.5. The largest absolute Gasteiger partial charge is 0.476 e. The van der Waals surface area contributed by atoms with Gasteiger partial charge in [-0.2, -0.15) is 0 Å². The van der Waals surface area contributed by atoms with Crippen LogP contribution in [0, 0.1) is 0 Å². The van der Waals surface area contributed by atoms with Gasteiger partial charge >= 0.3 is 0 Å². The monoisotopic (exact) mass is 415 g/mol. The first-order valence-corrected chi connectivity index (χ1v) is 10.1. The molecule has 1 N–H and O–H groups in total. The van der Waals surface area contributed by atoms with Crippen molar-refractivity contribution in [1.82, 2.24) is 15.1 Å². The number of amides is 2. The molecule has 1 aliphatic heterocycles. The number of ether oxygens (including phenoxy) is 1. The van der Waals surface area contributed by atoms with Gasteiger partial charge in [-0.1, -0.05) is 41.9 Å². The minimum atomic E-state index is -0.744. The fourth-order valence-electron chi connectivity index (χ4n) is 3.27. The van der Waals surface area contributed by atoms with Gasteiger partial charge in [-0.3, -0.25) is 14.5 Å². The van der Waals surface area contributed by atoms with Crippen LogP contribution in [0.3, 0.4) is 0 Å². The Labute approximate surface area is 176 Å². The molecule has 29 heavy (non-hydrogen) atoms. The second kappa shape index (κ2) is 10.3. The molecule has 0 saturated carbocycles. The standard InChI is InChI=1S/C22H26ClN3O3/c1-17(27)26-15-13-25(14-16-26)12-11-24-22(28)21(18-5-3-2-4-6-18)29-20-9-7-19(23)8-10-20/h2-10,21H,11-16H2,1H3,(H,24,28). The number of carbonyl (C=O) groups excluding carboxylic acids is 2. The number of piperazine rings is 1.